The van der Waals surface area contributed by atoms with E-state index in [1.165, 1.54) is 30.4 Å². The highest BCUT2D eigenvalue weighted by Crippen LogP contribution is 2.30. The Labute approximate surface area is 105 Å². The van der Waals surface area contributed by atoms with E-state index in [-0.39, 0.29) is 0 Å². The third-order valence-electron chi connectivity index (χ3n) is 3.97. The van der Waals surface area contributed by atoms with Crippen molar-refractivity contribution in [1.29, 1.82) is 0 Å². The van der Waals surface area contributed by atoms with Crippen molar-refractivity contribution >= 4 is 5.57 Å². The van der Waals surface area contributed by atoms with Crippen LogP contribution in [0, 0.1) is 11.8 Å². The lowest BCUT2D eigenvalue weighted by Crippen LogP contribution is -2.25. The molecule has 2 unspecified atom stereocenters. The maximum absolute atomic E-state index is 4.15. The van der Waals surface area contributed by atoms with E-state index in [0.717, 1.165) is 24.9 Å². The van der Waals surface area contributed by atoms with Gasteiger partial charge in [0.05, 0.1) is 0 Å². The quantitative estimate of drug-likeness (QED) is 0.811. The van der Waals surface area contributed by atoms with E-state index in [9.17, 15) is 0 Å². The highest BCUT2D eigenvalue weighted by Gasteiger charge is 2.22. The number of benzene rings is 1. The minimum atomic E-state index is 0.874. The van der Waals surface area contributed by atoms with E-state index in [0.29, 0.717) is 0 Å². The molecule has 1 aliphatic rings. The zero-order valence-corrected chi connectivity index (χ0v) is 10.8. The molecule has 2 rings (SSSR count). The molecule has 0 heterocycles. The van der Waals surface area contributed by atoms with Crippen LogP contribution in [0.25, 0.3) is 5.57 Å². The summed E-state index contributed by atoms with van der Waals surface area (Å²) in [6.07, 6.45) is 4.21. The van der Waals surface area contributed by atoms with Gasteiger partial charge in [0, 0.05) is 6.54 Å². The van der Waals surface area contributed by atoms with Crippen LogP contribution in [0.2, 0.25) is 0 Å². The van der Waals surface area contributed by atoms with Crippen LogP contribution in [0.5, 0.6) is 0 Å². The Balaban J connectivity index is 1.74. The Kier molecular flexibility index (Phi) is 4.38. The Morgan fingerprint density at radius 1 is 1.29 bits per heavy atom. The van der Waals surface area contributed by atoms with Gasteiger partial charge >= 0.3 is 0 Å². The molecule has 1 saturated carbocycles. The second-order valence-electron chi connectivity index (χ2n) is 5.27. The number of rotatable bonds is 5. The highest BCUT2D eigenvalue weighted by atomic mass is 14.9. The van der Waals surface area contributed by atoms with E-state index in [1.54, 1.807) is 0 Å². The third-order valence-corrected chi connectivity index (χ3v) is 3.97. The van der Waals surface area contributed by atoms with Gasteiger partial charge in [-0.15, -0.1) is 0 Å². The molecule has 2 atom stereocenters. The van der Waals surface area contributed by atoms with Gasteiger partial charge in [-0.3, -0.25) is 0 Å². The summed E-state index contributed by atoms with van der Waals surface area (Å²) in [6.45, 7) is 8.58. The zero-order valence-electron chi connectivity index (χ0n) is 10.8. The lowest BCUT2D eigenvalue weighted by Gasteiger charge is -2.16. The zero-order chi connectivity index (χ0) is 12.1. The van der Waals surface area contributed by atoms with E-state index in [2.05, 4.69) is 43.1 Å². The maximum Gasteiger partial charge on any atom is 0.0205 e. The Morgan fingerprint density at radius 3 is 2.71 bits per heavy atom. The molecule has 0 aromatic heterocycles. The normalized spacial score (nSPS) is 23.8. The van der Waals surface area contributed by atoms with E-state index in [4.69, 9.17) is 0 Å². The molecule has 0 spiro atoms. The Hall–Kier alpha value is -1.08. The standard InChI is InChI=1S/C16H23N/c1-13-7-6-10-16(13)12-17-11-14(2)15-8-4-3-5-9-15/h3-5,8-9,13,16-17H,2,6-7,10-12H2,1H3. The molecule has 0 amide bonds. The largest absolute Gasteiger partial charge is 0.312 e. The fourth-order valence-corrected chi connectivity index (χ4v) is 2.71. The van der Waals surface area contributed by atoms with Crippen molar-refractivity contribution in [3.8, 4) is 0 Å². The first kappa shape index (κ1) is 12.4. The minimum absolute atomic E-state index is 0.874. The Bertz CT molecular complexity index is 355. The van der Waals surface area contributed by atoms with Crippen molar-refractivity contribution in [2.24, 2.45) is 11.8 Å². The minimum Gasteiger partial charge on any atom is -0.312 e. The van der Waals surface area contributed by atoms with Crippen molar-refractivity contribution in [2.45, 2.75) is 26.2 Å². The molecule has 1 aromatic rings. The van der Waals surface area contributed by atoms with Gasteiger partial charge in [0.2, 0.25) is 0 Å². The van der Waals surface area contributed by atoms with Crippen LogP contribution in [0.3, 0.4) is 0 Å². The van der Waals surface area contributed by atoms with Crippen molar-refractivity contribution in [1.82, 2.24) is 5.32 Å². The molecule has 1 fully saturated rings. The van der Waals surface area contributed by atoms with Crippen molar-refractivity contribution in [2.75, 3.05) is 13.1 Å². The number of hydrogen-bond acceptors (Lipinski definition) is 1. The fraction of sp³-hybridized carbons (Fsp3) is 0.500. The molecule has 92 valence electrons. The van der Waals surface area contributed by atoms with Gasteiger partial charge in [-0.1, -0.05) is 56.7 Å². The van der Waals surface area contributed by atoms with E-state index < -0.39 is 0 Å². The summed E-state index contributed by atoms with van der Waals surface area (Å²) >= 11 is 0. The number of hydrogen-bond donors (Lipinski definition) is 1. The van der Waals surface area contributed by atoms with Crippen LogP contribution in [-0.2, 0) is 0 Å². The summed E-state index contributed by atoms with van der Waals surface area (Å²) in [5, 5.41) is 3.56. The molecule has 0 aliphatic heterocycles. The molecule has 17 heavy (non-hydrogen) atoms. The lowest BCUT2D eigenvalue weighted by atomic mass is 9.98. The summed E-state index contributed by atoms with van der Waals surface area (Å²) < 4.78 is 0. The topological polar surface area (TPSA) is 12.0 Å². The van der Waals surface area contributed by atoms with Gasteiger partial charge in [0.15, 0.2) is 0 Å². The first-order chi connectivity index (χ1) is 8.27. The summed E-state index contributed by atoms with van der Waals surface area (Å²) in [6, 6.07) is 10.4. The predicted molar refractivity (Wildman–Crippen MR) is 74.9 cm³/mol. The van der Waals surface area contributed by atoms with E-state index in [1.807, 2.05) is 6.07 Å². The fourth-order valence-electron chi connectivity index (χ4n) is 2.71. The molecule has 1 N–H and O–H groups in total. The summed E-state index contributed by atoms with van der Waals surface area (Å²) in [7, 11) is 0. The SMILES string of the molecule is C=C(CNCC1CCCC1C)c1ccccc1. The van der Waals surface area contributed by atoms with Crippen LogP contribution >= 0.6 is 0 Å². The van der Waals surface area contributed by atoms with Gasteiger partial charge in [0.1, 0.15) is 0 Å². The third kappa shape index (κ3) is 3.44. The van der Waals surface area contributed by atoms with Gasteiger partial charge in [0.25, 0.3) is 0 Å². The van der Waals surface area contributed by atoms with Gasteiger partial charge in [-0.25, -0.2) is 0 Å². The van der Waals surface area contributed by atoms with Gasteiger partial charge in [-0.05, 0) is 35.9 Å². The Morgan fingerprint density at radius 2 is 2.06 bits per heavy atom. The van der Waals surface area contributed by atoms with Crippen LogP contribution in [0.15, 0.2) is 36.9 Å². The molecular weight excluding hydrogens is 206 g/mol. The van der Waals surface area contributed by atoms with Crippen LogP contribution in [0.1, 0.15) is 31.7 Å². The second-order valence-corrected chi connectivity index (χ2v) is 5.27. The number of nitrogens with one attached hydrogen (secondary N) is 1. The van der Waals surface area contributed by atoms with Gasteiger partial charge < -0.3 is 5.32 Å². The highest BCUT2D eigenvalue weighted by molar-refractivity contribution is 5.64. The smallest absolute Gasteiger partial charge is 0.0205 e. The van der Waals surface area contributed by atoms with E-state index >= 15 is 0 Å². The summed E-state index contributed by atoms with van der Waals surface area (Å²) in [5.74, 6) is 1.77. The molecular formula is C16H23N. The summed E-state index contributed by atoms with van der Waals surface area (Å²) in [4.78, 5) is 0. The van der Waals surface area contributed by atoms with Crippen LogP contribution < -0.4 is 5.32 Å². The van der Waals surface area contributed by atoms with Gasteiger partial charge in [-0.2, -0.15) is 0 Å². The maximum atomic E-state index is 4.15. The molecule has 1 nitrogen and oxygen atoms in total. The average molecular weight is 229 g/mol. The molecule has 1 aromatic carbocycles. The first-order valence-electron chi connectivity index (χ1n) is 6.71. The van der Waals surface area contributed by atoms with Crippen LogP contribution in [0.4, 0.5) is 0 Å². The summed E-state index contributed by atoms with van der Waals surface area (Å²) in [5.41, 5.74) is 2.44. The van der Waals surface area contributed by atoms with Crippen molar-refractivity contribution in [3.05, 3.63) is 42.5 Å². The molecule has 1 heteroatoms. The monoisotopic (exact) mass is 229 g/mol. The average Bonchev–Trinajstić information content (AvgIpc) is 2.76. The first-order valence-corrected chi connectivity index (χ1v) is 6.71. The van der Waals surface area contributed by atoms with Crippen molar-refractivity contribution < 1.29 is 0 Å². The van der Waals surface area contributed by atoms with Crippen molar-refractivity contribution in [3.63, 3.8) is 0 Å². The molecule has 0 radical (unpaired) electrons. The molecule has 1 aliphatic carbocycles. The van der Waals surface area contributed by atoms with Crippen LogP contribution in [-0.4, -0.2) is 13.1 Å². The molecule has 0 bridgehead atoms. The lowest BCUT2D eigenvalue weighted by molar-refractivity contribution is 0.400. The predicted octanol–water partition coefficient (Wildman–Crippen LogP) is 3.73. The second kappa shape index (κ2) is 6.02. The molecule has 0 saturated heterocycles.